The smallest absolute Gasteiger partial charge is 0.222 e. The van der Waals surface area contributed by atoms with Gasteiger partial charge in [0.2, 0.25) is 5.91 Å². The van der Waals surface area contributed by atoms with Crippen molar-refractivity contribution >= 4 is 32.6 Å². The van der Waals surface area contributed by atoms with Crippen LogP contribution in [-0.2, 0) is 11.2 Å². The van der Waals surface area contributed by atoms with Gasteiger partial charge in [0.25, 0.3) is 0 Å². The lowest BCUT2D eigenvalue weighted by Gasteiger charge is -2.34. The fraction of sp³-hybridized carbons (Fsp3) is 0.579. The van der Waals surface area contributed by atoms with Gasteiger partial charge in [-0.2, -0.15) is 0 Å². The van der Waals surface area contributed by atoms with Crippen molar-refractivity contribution in [3.05, 3.63) is 23.8 Å². The first-order valence-electron chi connectivity index (χ1n) is 9.21. The molecule has 1 fully saturated rings. The summed E-state index contributed by atoms with van der Waals surface area (Å²) in [5.74, 6) is 0.198. The van der Waals surface area contributed by atoms with E-state index in [1.54, 1.807) is 11.3 Å². The number of thiazole rings is 1. The van der Waals surface area contributed by atoms with Crippen molar-refractivity contribution in [1.82, 2.24) is 15.2 Å². The van der Waals surface area contributed by atoms with Crippen LogP contribution in [0.15, 0.2) is 18.2 Å². The topological polar surface area (TPSA) is 48.5 Å². The molecule has 1 aromatic carbocycles. The van der Waals surface area contributed by atoms with Crippen LogP contribution < -0.4 is 10.2 Å². The van der Waals surface area contributed by atoms with E-state index in [1.165, 1.54) is 10.3 Å². The van der Waals surface area contributed by atoms with Crippen LogP contribution in [0.5, 0.6) is 0 Å². The summed E-state index contributed by atoms with van der Waals surface area (Å²) in [7, 11) is 0. The number of rotatable bonds is 6. The molecule has 1 aliphatic rings. The molecule has 0 bridgehead atoms. The number of aryl methyl sites for hydroxylation is 1. The minimum Gasteiger partial charge on any atom is -0.355 e. The second kappa shape index (κ2) is 8.15. The van der Waals surface area contributed by atoms with Crippen molar-refractivity contribution in [2.24, 2.45) is 5.92 Å². The van der Waals surface area contributed by atoms with Gasteiger partial charge in [-0.25, -0.2) is 4.98 Å². The van der Waals surface area contributed by atoms with Crippen LogP contribution in [0.4, 0.5) is 5.13 Å². The lowest BCUT2D eigenvalue weighted by molar-refractivity contribution is -0.124. The van der Waals surface area contributed by atoms with E-state index in [4.69, 9.17) is 4.98 Å². The zero-order chi connectivity index (χ0) is 17.8. The van der Waals surface area contributed by atoms with Crippen LogP contribution in [0.1, 0.15) is 26.3 Å². The Labute approximate surface area is 154 Å². The molecule has 0 radical (unpaired) electrons. The summed E-state index contributed by atoms with van der Waals surface area (Å²) in [5.41, 5.74) is 2.48. The van der Waals surface area contributed by atoms with Crippen molar-refractivity contribution in [3.8, 4) is 0 Å². The SMILES string of the molecule is CCc1ccc2nc(N3CCN(CCNC(=O)C(C)C)CC3)sc2c1. The van der Waals surface area contributed by atoms with E-state index in [0.29, 0.717) is 0 Å². The number of anilines is 1. The second-order valence-electron chi connectivity index (χ2n) is 6.93. The van der Waals surface area contributed by atoms with E-state index in [2.05, 4.69) is 40.2 Å². The Balaban J connectivity index is 1.51. The number of carbonyl (C=O) groups excluding carboxylic acids is 1. The van der Waals surface area contributed by atoms with Crippen molar-refractivity contribution in [3.63, 3.8) is 0 Å². The Morgan fingerprint density at radius 2 is 2.04 bits per heavy atom. The summed E-state index contributed by atoms with van der Waals surface area (Å²) in [6, 6.07) is 6.58. The number of benzene rings is 1. The summed E-state index contributed by atoms with van der Waals surface area (Å²) in [4.78, 5) is 21.2. The standard InChI is InChI=1S/C19H28N4OS/c1-4-15-5-6-16-17(13-15)25-19(21-16)23-11-9-22(10-12-23)8-7-20-18(24)14(2)3/h5-6,13-14H,4,7-12H2,1-3H3,(H,20,24). The van der Waals surface area contributed by atoms with Gasteiger partial charge in [0.15, 0.2) is 5.13 Å². The molecule has 6 heteroatoms. The fourth-order valence-electron chi connectivity index (χ4n) is 3.02. The molecule has 1 amide bonds. The van der Waals surface area contributed by atoms with Gasteiger partial charge in [-0.1, -0.05) is 38.2 Å². The van der Waals surface area contributed by atoms with Crippen molar-refractivity contribution in [2.75, 3.05) is 44.2 Å². The molecule has 2 heterocycles. The van der Waals surface area contributed by atoms with E-state index in [1.807, 2.05) is 13.8 Å². The molecule has 0 spiro atoms. The average molecular weight is 361 g/mol. The van der Waals surface area contributed by atoms with Gasteiger partial charge in [-0.3, -0.25) is 9.69 Å². The highest BCUT2D eigenvalue weighted by atomic mass is 32.1. The molecule has 0 saturated carbocycles. The highest BCUT2D eigenvalue weighted by molar-refractivity contribution is 7.22. The third kappa shape index (κ3) is 4.50. The third-order valence-electron chi connectivity index (χ3n) is 4.74. The first-order valence-corrected chi connectivity index (χ1v) is 10.0. The number of amides is 1. The molecule has 0 unspecified atom stereocenters. The third-order valence-corrected chi connectivity index (χ3v) is 5.82. The maximum absolute atomic E-state index is 11.6. The van der Waals surface area contributed by atoms with Gasteiger partial charge >= 0.3 is 0 Å². The summed E-state index contributed by atoms with van der Waals surface area (Å²) in [6.07, 6.45) is 1.06. The summed E-state index contributed by atoms with van der Waals surface area (Å²) in [5, 5.41) is 4.13. The molecule has 2 aromatic rings. The van der Waals surface area contributed by atoms with E-state index in [0.717, 1.165) is 56.3 Å². The lowest BCUT2D eigenvalue weighted by Crippen LogP contribution is -2.48. The predicted molar refractivity (Wildman–Crippen MR) is 105 cm³/mol. The number of aromatic nitrogens is 1. The van der Waals surface area contributed by atoms with Crippen molar-refractivity contribution in [1.29, 1.82) is 0 Å². The van der Waals surface area contributed by atoms with Crippen LogP contribution in [0.2, 0.25) is 0 Å². The molecule has 1 aromatic heterocycles. The summed E-state index contributed by atoms with van der Waals surface area (Å²) < 4.78 is 1.29. The Morgan fingerprint density at radius 1 is 1.28 bits per heavy atom. The average Bonchev–Trinajstić information content (AvgIpc) is 3.05. The quantitative estimate of drug-likeness (QED) is 0.861. The Hall–Kier alpha value is -1.66. The highest BCUT2D eigenvalue weighted by Crippen LogP contribution is 2.30. The first kappa shape index (κ1) is 18.1. The van der Waals surface area contributed by atoms with Crippen molar-refractivity contribution in [2.45, 2.75) is 27.2 Å². The number of fused-ring (bicyclic) bond motifs is 1. The molecule has 3 rings (SSSR count). The van der Waals surface area contributed by atoms with Gasteiger partial charge in [0.1, 0.15) is 0 Å². The molecule has 25 heavy (non-hydrogen) atoms. The van der Waals surface area contributed by atoms with E-state index < -0.39 is 0 Å². The minimum atomic E-state index is 0.0594. The Bertz CT molecular complexity index is 719. The van der Waals surface area contributed by atoms with E-state index >= 15 is 0 Å². The number of carbonyl (C=O) groups is 1. The van der Waals surface area contributed by atoms with E-state index in [9.17, 15) is 4.79 Å². The molecular formula is C19H28N4OS. The zero-order valence-corrected chi connectivity index (χ0v) is 16.2. The molecule has 1 N–H and O–H groups in total. The zero-order valence-electron chi connectivity index (χ0n) is 15.4. The molecule has 5 nitrogen and oxygen atoms in total. The van der Waals surface area contributed by atoms with Crippen LogP contribution in [-0.4, -0.2) is 55.1 Å². The first-order chi connectivity index (χ1) is 12.1. The highest BCUT2D eigenvalue weighted by Gasteiger charge is 2.20. The van der Waals surface area contributed by atoms with Crippen molar-refractivity contribution < 1.29 is 4.79 Å². The number of piperazine rings is 1. The minimum absolute atomic E-state index is 0.0594. The fourth-order valence-corrected chi connectivity index (χ4v) is 4.10. The number of hydrogen-bond acceptors (Lipinski definition) is 5. The van der Waals surface area contributed by atoms with E-state index in [-0.39, 0.29) is 11.8 Å². The Kier molecular flexibility index (Phi) is 5.91. The summed E-state index contributed by atoms with van der Waals surface area (Å²) in [6.45, 7) is 11.7. The molecule has 1 aliphatic heterocycles. The monoisotopic (exact) mass is 360 g/mol. The molecular weight excluding hydrogens is 332 g/mol. The maximum Gasteiger partial charge on any atom is 0.222 e. The van der Waals surface area contributed by atoms with Gasteiger partial charge in [0, 0.05) is 45.2 Å². The van der Waals surface area contributed by atoms with Gasteiger partial charge in [-0.15, -0.1) is 0 Å². The van der Waals surface area contributed by atoms with Crippen LogP contribution in [0.3, 0.4) is 0 Å². The molecule has 136 valence electrons. The molecule has 1 saturated heterocycles. The number of hydrogen-bond donors (Lipinski definition) is 1. The largest absolute Gasteiger partial charge is 0.355 e. The van der Waals surface area contributed by atoms with Gasteiger partial charge < -0.3 is 10.2 Å². The predicted octanol–water partition coefficient (Wildman–Crippen LogP) is 2.75. The number of nitrogens with zero attached hydrogens (tertiary/aromatic N) is 3. The lowest BCUT2D eigenvalue weighted by atomic mass is 10.2. The van der Waals surface area contributed by atoms with Gasteiger partial charge in [0.05, 0.1) is 10.2 Å². The second-order valence-corrected chi connectivity index (χ2v) is 7.94. The molecule has 0 atom stereocenters. The van der Waals surface area contributed by atoms with Crippen LogP contribution >= 0.6 is 11.3 Å². The van der Waals surface area contributed by atoms with Crippen LogP contribution in [0.25, 0.3) is 10.2 Å². The maximum atomic E-state index is 11.6. The number of nitrogens with one attached hydrogen (secondary N) is 1. The molecule has 0 aliphatic carbocycles. The van der Waals surface area contributed by atoms with Gasteiger partial charge in [-0.05, 0) is 24.1 Å². The normalized spacial score (nSPS) is 15.9. The van der Waals surface area contributed by atoms with Crippen LogP contribution in [0, 0.1) is 5.92 Å². The Morgan fingerprint density at radius 3 is 2.72 bits per heavy atom. The summed E-state index contributed by atoms with van der Waals surface area (Å²) >= 11 is 1.80.